The minimum Gasteiger partial charge on any atom is -0.387 e. The predicted octanol–water partition coefficient (Wildman–Crippen LogP) is 1.49. The summed E-state index contributed by atoms with van der Waals surface area (Å²) in [5.41, 5.74) is 0.984. The van der Waals surface area contributed by atoms with Gasteiger partial charge in [-0.05, 0) is 18.4 Å². The largest absolute Gasteiger partial charge is 0.387 e. The van der Waals surface area contributed by atoms with Crippen LogP contribution in [0.15, 0.2) is 30.3 Å². The van der Waals surface area contributed by atoms with Crippen LogP contribution in [0.5, 0.6) is 0 Å². The van der Waals surface area contributed by atoms with Crippen LogP contribution in [-0.4, -0.2) is 17.7 Å². The molecule has 13 heavy (non-hydrogen) atoms. The number of hydrogen-bond acceptors (Lipinski definition) is 1. The van der Waals surface area contributed by atoms with Gasteiger partial charge in [0.15, 0.2) is 0 Å². The Morgan fingerprint density at radius 3 is 2.69 bits per heavy atom. The summed E-state index contributed by atoms with van der Waals surface area (Å²) in [7, 11) is 0. The van der Waals surface area contributed by atoms with E-state index in [4.69, 9.17) is 0 Å². The second kappa shape index (κ2) is 3.90. The summed E-state index contributed by atoms with van der Waals surface area (Å²) in [4.78, 5) is 0. The highest BCUT2D eigenvalue weighted by Gasteiger charge is 2.24. The number of benzene rings is 1. The second-order valence-electron chi connectivity index (χ2n) is 3.47. The molecule has 2 atom stereocenters. The Morgan fingerprint density at radius 2 is 2.08 bits per heavy atom. The molecule has 1 unspecified atom stereocenters. The van der Waals surface area contributed by atoms with Gasteiger partial charge < -0.3 is 5.11 Å². The van der Waals surface area contributed by atoms with Crippen LogP contribution in [0.2, 0.25) is 0 Å². The van der Waals surface area contributed by atoms with Crippen molar-refractivity contribution in [3.63, 3.8) is 0 Å². The molecule has 2 heteroatoms. The number of nitrogens with zero attached hydrogens (tertiary/aromatic N) is 1. The van der Waals surface area contributed by atoms with E-state index in [1.165, 1.54) is 0 Å². The Hall–Kier alpha value is -0.860. The van der Waals surface area contributed by atoms with Crippen LogP contribution in [0.1, 0.15) is 24.5 Å². The van der Waals surface area contributed by atoms with Gasteiger partial charge in [0.05, 0.1) is 12.1 Å². The summed E-state index contributed by atoms with van der Waals surface area (Å²) in [5, 5.41) is 14.3. The molecular formula is C11H14NO. The highest BCUT2D eigenvalue weighted by molar-refractivity contribution is 5.19. The summed E-state index contributed by atoms with van der Waals surface area (Å²) in [5.74, 6) is 0. The molecule has 1 saturated heterocycles. The van der Waals surface area contributed by atoms with Gasteiger partial charge in [0.25, 0.3) is 0 Å². The monoisotopic (exact) mass is 176 g/mol. The number of rotatable bonds is 2. The summed E-state index contributed by atoms with van der Waals surface area (Å²) >= 11 is 0. The van der Waals surface area contributed by atoms with E-state index in [2.05, 4.69) is 5.32 Å². The highest BCUT2D eigenvalue weighted by Crippen LogP contribution is 2.23. The van der Waals surface area contributed by atoms with Crippen LogP contribution >= 0.6 is 0 Å². The first-order valence-corrected chi connectivity index (χ1v) is 4.77. The van der Waals surface area contributed by atoms with Gasteiger partial charge in [-0.2, -0.15) is 0 Å². The van der Waals surface area contributed by atoms with Crippen molar-refractivity contribution in [2.24, 2.45) is 0 Å². The molecular weight excluding hydrogens is 162 g/mol. The van der Waals surface area contributed by atoms with E-state index >= 15 is 0 Å². The lowest BCUT2D eigenvalue weighted by atomic mass is 10.0. The quantitative estimate of drug-likeness (QED) is 0.727. The van der Waals surface area contributed by atoms with Crippen molar-refractivity contribution in [1.29, 1.82) is 0 Å². The first-order valence-electron chi connectivity index (χ1n) is 4.77. The maximum absolute atomic E-state index is 9.93. The third kappa shape index (κ3) is 1.90. The molecule has 0 saturated carbocycles. The highest BCUT2D eigenvalue weighted by atomic mass is 16.3. The topological polar surface area (TPSA) is 34.3 Å². The molecule has 1 N–H and O–H groups in total. The van der Waals surface area contributed by atoms with Crippen LogP contribution in [-0.2, 0) is 0 Å². The normalized spacial score (nSPS) is 24.5. The summed E-state index contributed by atoms with van der Waals surface area (Å²) in [6, 6.07) is 9.91. The average molecular weight is 176 g/mol. The van der Waals surface area contributed by atoms with Crippen molar-refractivity contribution in [1.82, 2.24) is 5.32 Å². The zero-order valence-electron chi connectivity index (χ0n) is 7.56. The lowest BCUT2D eigenvalue weighted by molar-refractivity contribution is 0.136. The maximum atomic E-state index is 9.93. The number of aliphatic hydroxyl groups excluding tert-OH is 1. The van der Waals surface area contributed by atoms with Crippen LogP contribution in [0.3, 0.4) is 0 Å². The molecule has 1 aromatic carbocycles. The van der Waals surface area contributed by atoms with Crippen LogP contribution in [0.4, 0.5) is 0 Å². The molecule has 1 aliphatic heterocycles. The summed E-state index contributed by atoms with van der Waals surface area (Å²) < 4.78 is 0. The molecule has 1 aromatic rings. The second-order valence-corrected chi connectivity index (χ2v) is 3.47. The molecule has 0 amide bonds. The number of aliphatic hydroxyl groups is 1. The van der Waals surface area contributed by atoms with E-state index in [0.29, 0.717) is 0 Å². The van der Waals surface area contributed by atoms with E-state index in [1.807, 2.05) is 30.3 Å². The third-order valence-electron chi connectivity index (χ3n) is 2.53. The van der Waals surface area contributed by atoms with Gasteiger partial charge in [0, 0.05) is 6.54 Å². The van der Waals surface area contributed by atoms with Crippen LogP contribution < -0.4 is 5.32 Å². The zero-order chi connectivity index (χ0) is 9.10. The van der Waals surface area contributed by atoms with Crippen molar-refractivity contribution in [2.75, 3.05) is 6.54 Å². The van der Waals surface area contributed by atoms with Crippen molar-refractivity contribution < 1.29 is 5.11 Å². The lowest BCUT2D eigenvalue weighted by Gasteiger charge is -2.16. The number of hydrogen-bond donors (Lipinski definition) is 1. The van der Waals surface area contributed by atoms with Crippen molar-refractivity contribution in [3.05, 3.63) is 35.9 Å². The van der Waals surface area contributed by atoms with Crippen molar-refractivity contribution >= 4 is 0 Å². The van der Waals surface area contributed by atoms with Gasteiger partial charge >= 0.3 is 0 Å². The van der Waals surface area contributed by atoms with Gasteiger partial charge in [-0.3, -0.25) is 0 Å². The summed E-state index contributed by atoms with van der Waals surface area (Å²) in [6.07, 6.45) is 1.74. The molecule has 1 radical (unpaired) electrons. The fourth-order valence-corrected chi connectivity index (χ4v) is 1.78. The Kier molecular flexibility index (Phi) is 2.62. The molecule has 2 nitrogen and oxygen atoms in total. The van der Waals surface area contributed by atoms with E-state index < -0.39 is 6.10 Å². The molecule has 0 spiro atoms. The smallest absolute Gasteiger partial charge is 0.0959 e. The Bertz CT molecular complexity index is 254. The molecule has 0 bridgehead atoms. The Morgan fingerprint density at radius 1 is 1.31 bits per heavy atom. The van der Waals surface area contributed by atoms with E-state index in [0.717, 1.165) is 24.9 Å². The van der Waals surface area contributed by atoms with Gasteiger partial charge in [-0.15, -0.1) is 0 Å². The lowest BCUT2D eigenvalue weighted by Crippen LogP contribution is -2.23. The van der Waals surface area contributed by atoms with Gasteiger partial charge in [0.1, 0.15) is 0 Å². The van der Waals surface area contributed by atoms with E-state index in [1.54, 1.807) is 0 Å². The fourth-order valence-electron chi connectivity index (χ4n) is 1.78. The van der Waals surface area contributed by atoms with Gasteiger partial charge in [0.2, 0.25) is 0 Å². The van der Waals surface area contributed by atoms with Crippen LogP contribution in [0, 0.1) is 0 Å². The molecule has 1 heterocycles. The zero-order valence-corrected chi connectivity index (χ0v) is 7.56. The first-order chi connectivity index (χ1) is 6.38. The minimum absolute atomic E-state index is 0.127. The molecule has 1 fully saturated rings. The van der Waals surface area contributed by atoms with Crippen LogP contribution in [0.25, 0.3) is 0 Å². The van der Waals surface area contributed by atoms with E-state index in [-0.39, 0.29) is 6.04 Å². The third-order valence-corrected chi connectivity index (χ3v) is 2.53. The predicted molar refractivity (Wildman–Crippen MR) is 51.4 cm³/mol. The van der Waals surface area contributed by atoms with Gasteiger partial charge in [-0.25, -0.2) is 5.32 Å². The van der Waals surface area contributed by atoms with E-state index in [9.17, 15) is 5.11 Å². The molecule has 0 aliphatic carbocycles. The molecule has 1 aliphatic rings. The Balaban J connectivity index is 2.08. The first kappa shape index (κ1) is 8.73. The van der Waals surface area contributed by atoms with Crippen molar-refractivity contribution in [2.45, 2.75) is 25.0 Å². The fraction of sp³-hybridized carbons (Fsp3) is 0.455. The minimum atomic E-state index is -0.399. The average Bonchev–Trinajstić information content (AvgIpc) is 2.71. The Labute approximate surface area is 78.6 Å². The van der Waals surface area contributed by atoms with Crippen molar-refractivity contribution in [3.8, 4) is 0 Å². The molecule has 0 aromatic heterocycles. The molecule has 69 valence electrons. The van der Waals surface area contributed by atoms with Gasteiger partial charge in [-0.1, -0.05) is 30.3 Å². The molecule has 2 rings (SSSR count). The summed E-state index contributed by atoms with van der Waals surface area (Å²) in [6.45, 7) is 0.911. The standard InChI is InChI=1S/C11H14NO/c13-11(10-7-4-8-12-10)9-5-2-1-3-6-9/h1-3,5-6,10-11,13H,4,7-8H2/t10-,11?/m0/s1. The maximum Gasteiger partial charge on any atom is 0.0959 e. The SMILES string of the molecule is OC(c1ccccc1)[C@@H]1CCC[N]1.